The summed E-state index contributed by atoms with van der Waals surface area (Å²) in [5.41, 5.74) is 1.38. The normalized spacial score (nSPS) is 11.1. The van der Waals surface area contributed by atoms with Crippen molar-refractivity contribution in [3.8, 4) is 0 Å². The monoisotopic (exact) mass is 349 g/mol. The van der Waals surface area contributed by atoms with Crippen LogP contribution in [0.5, 0.6) is 0 Å². The number of halogens is 1. The van der Waals surface area contributed by atoms with Gasteiger partial charge in [0.15, 0.2) is 0 Å². The van der Waals surface area contributed by atoms with Crippen molar-refractivity contribution < 1.29 is 0 Å². The van der Waals surface area contributed by atoms with Crippen LogP contribution in [0.3, 0.4) is 0 Å². The van der Waals surface area contributed by atoms with Crippen molar-refractivity contribution in [3.63, 3.8) is 0 Å². The predicted octanol–water partition coefficient (Wildman–Crippen LogP) is 2.81. The van der Waals surface area contributed by atoms with Gasteiger partial charge >= 0.3 is 0 Å². The number of rotatable bonds is 4. The minimum Gasteiger partial charge on any atom is -0.306 e. The molecule has 0 saturated heterocycles. The number of fused-ring (bicyclic) bond motifs is 1. The van der Waals surface area contributed by atoms with E-state index in [4.69, 9.17) is 0 Å². The third-order valence-electron chi connectivity index (χ3n) is 2.91. The Bertz CT molecular complexity index is 796. The van der Waals surface area contributed by atoms with Crippen LogP contribution in [0.1, 0.15) is 10.6 Å². The summed E-state index contributed by atoms with van der Waals surface area (Å²) >= 11 is 5.19. The third-order valence-corrected chi connectivity index (χ3v) is 4.83. The van der Waals surface area contributed by atoms with Gasteiger partial charge in [-0.15, -0.1) is 11.3 Å². The Morgan fingerprint density at radius 2 is 2.20 bits per heavy atom. The first-order chi connectivity index (χ1) is 9.74. The molecule has 3 rings (SSSR count). The van der Waals surface area contributed by atoms with Gasteiger partial charge in [0.2, 0.25) is 0 Å². The fourth-order valence-electron chi connectivity index (χ4n) is 1.95. The van der Waals surface area contributed by atoms with Crippen molar-refractivity contribution in [3.05, 3.63) is 67.3 Å². The van der Waals surface area contributed by atoms with Gasteiger partial charge in [-0.05, 0) is 39.5 Å². The van der Waals surface area contributed by atoms with Crippen LogP contribution in [0.25, 0.3) is 5.65 Å². The van der Waals surface area contributed by atoms with Crippen molar-refractivity contribution in [2.45, 2.75) is 13.1 Å². The molecule has 3 aromatic heterocycles. The maximum absolute atomic E-state index is 11.9. The van der Waals surface area contributed by atoms with E-state index in [1.807, 2.05) is 29.6 Å². The summed E-state index contributed by atoms with van der Waals surface area (Å²) in [6.07, 6.45) is 1.73. The first-order valence-corrected chi connectivity index (χ1v) is 7.81. The molecule has 0 atom stereocenters. The van der Waals surface area contributed by atoms with Crippen LogP contribution in [0.4, 0.5) is 0 Å². The SMILES string of the molecule is O=c1cc(CNCc2sccc2Br)nc2ccccn12. The van der Waals surface area contributed by atoms with Crippen molar-refractivity contribution in [2.75, 3.05) is 0 Å². The molecule has 0 saturated carbocycles. The highest BCUT2D eigenvalue weighted by Crippen LogP contribution is 2.22. The summed E-state index contributed by atoms with van der Waals surface area (Å²) in [5.74, 6) is 0. The summed E-state index contributed by atoms with van der Waals surface area (Å²) in [5, 5.41) is 5.35. The van der Waals surface area contributed by atoms with Gasteiger partial charge in [-0.25, -0.2) is 4.98 Å². The number of hydrogen-bond acceptors (Lipinski definition) is 4. The van der Waals surface area contributed by atoms with Gasteiger partial charge in [-0.2, -0.15) is 0 Å². The molecule has 1 N–H and O–H groups in total. The van der Waals surface area contributed by atoms with Crippen molar-refractivity contribution in [2.24, 2.45) is 0 Å². The van der Waals surface area contributed by atoms with E-state index in [0.717, 1.165) is 16.7 Å². The molecule has 3 aromatic rings. The van der Waals surface area contributed by atoms with Gasteiger partial charge in [0.1, 0.15) is 5.65 Å². The Kier molecular flexibility index (Phi) is 3.95. The Hall–Kier alpha value is -1.50. The van der Waals surface area contributed by atoms with E-state index in [1.54, 1.807) is 28.0 Å². The molecule has 0 aliphatic carbocycles. The lowest BCUT2D eigenvalue weighted by molar-refractivity contribution is 0.683. The molecule has 0 aliphatic rings. The number of nitrogens with zero attached hydrogens (tertiary/aromatic N) is 2. The fraction of sp³-hybridized carbons (Fsp3) is 0.143. The Balaban J connectivity index is 1.75. The standard InChI is InChI=1S/C14H12BrN3OS/c15-11-4-6-20-12(11)9-16-8-10-7-14(19)18-5-2-1-3-13(18)17-10/h1-7,16H,8-9H2. The van der Waals surface area contributed by atoms with Crippen LogP contribution in [-0.4, -0.2) is 9.38 Å². The third kappa shape index (κ3) is 2.82. The number of pyridine rings is 1. The zero-order valence-corrected chi connectivity index (χ0v) is 12.9. The topological polar surface area (TPSA) is 46.4 Å². The Labute approximate surface area is 128 Å². The highest BCUT2D eigenvalue weighted by Gasteiger charge is 2.03. The van der Waals surface area contributed by atoms with E-state index in [2.05, 4.69) is 26.2 Å². The largest absolute Gasteiger partial charge is 0.306 e. The summed E-state index contributed by atoms with van der Waals surface area (Å²) in [4.78, 5) is 17.6. The Morgan fingerprint density at radius 3 is 3.00 bits per heavy atom. The minimum absolute atomic E-state index is 0.0512. The van der Waals surface area contributed by atoms with Gasteiger partial charge in [-0.1, -0.05) is 6.07 Å². The molecule has 0 fully saturated rings. The Morgan fingerprint density at radius 1 is 1.30 bits per heavy atom. The van der Waals surface area contributed by atoms with Crippen molar-refractivity contribution in [1.29, 1.82) is 0 Å². The van der Waals surface area contributed by atoms with Gasteiger partial charge in [0.05, 0.1) is 5.69 Å². The first-order valence-electron chi connectivity index (χ1n) is 6.14. The molecule has 20 heavy (non-hydrogen) atoms. The lowest BCUT2D eigenvalue weighted by Crippen LogP contribution is -2.19. The van der Waals surface area contributed by atoms with Gasteiger partial charge in [0, 0.05) is 34.7 Å². The lowest BCUT2D eigenvalue weighted by Gasteiger charge is -2.05. The van der Waals surface area contributed by atoms with Crippen molar-refractivity contribution in [1.82, 2.24) is 14.7 Å². The van der Waals surface area contributed by atoms with E-state index in [1.165, 1.54) is 4.88 Å². The molecule has 4 nitrogen and oxygen atoms in total. The number of thiophene rings is 1. The fourth-order valence-corrected chi connectivity index (χ4v) is 3.41. The minimum atomic E-state index is -0.0512. The van der Waals surface area contributed by atoms with Crippen LogP contribution in [0.2, 0.25) is 0 Å². The van der Waals surface area contributed by atoms with E-state index < -0.39 is 0 Å². The second kappa shape index (κ2) is 5.87. The number of nitrogens with one attached hydrogen (secondary N) is 1. The van der Waals surface area contributed by atoms with Gasteiger partial charge in [-0.3, -0.25) is 9.20 Å². The van der Waals surface area contributed by atoms with E-state index >= 15 is 0 Å². The summed E-state index contributed by atoms with van der Waals surface area (Å²) in [6.45, 7) is 1.33. The molecular formula is C14H12BrN3OS. The number of aromatic nitrogens is 2. The maximum atomic E-state index is 11.9. The average molecular weight is 350 g/mol. The highest BCUT2D eigenvalue weighted by atomic mass is 79.9. The molecular weight excluding hydrogens is 338 g/mol. The van der Waals surface area contributed by atoms with Crippen LogP contribution >= 0.6 is 27.3 Å². The summed E-state index contributed by atoms with van der Waals surface area (Å²) < 4.78 is 2.65. The lowest BCUT2D eigenvalue weighted by atomic mass is 10.3. The molecule has 0 unspecified atom stereocenters. The van der Waals surface area contributed by atoms with Crippen LogP contribution < -0.4 is 10.9 Å². The number of hydrogen-bond donors (Lipinski definition) is 1. The molecule has 0 bridgehead atoms. The zero-order valence-electron chi connectivity index (χ0n) is 10.5. The van der Waals surface area contributed by atoms with Crippen molar-refractivity contribution >= 4 is 32.9 Å². The smallest absolute Gasteiger partial charge is 0.258 e. The quantitative estimate of drug-likeness (QED) is 0.787. The molecule has 0 amide bonds. The molecule has 0 spiro atoms. The molecule has 6 heteroatoms. The average Bonchev–Trinajstić information content (AvgIpc) is 2.85. The van der Waals surface area contributed by atoms with E-state index in [-0.39, 0.29) is 5.56 Å². The maximum Gasteiger partial charge on any atom is 0.258 e. The van der Waals surface area contributed by atoms with E-state index in [0.29, 0.717) is 12.2 Å². The molecule has 0 aliphatic heterocycles. The predicted molar refractivity (Wildman–Crippen MR) is 84.0 cm³/mol. The molecule has 102 valence electrons. The zero-order chi connectivity index (χ0) is 13.9. The van der Waals surface area contributed by atoms with Crippen LogP contribution in [-0.2, 0) is 13.1 Å². The molecule has 3 heterocycles. The van der Waals surface area contributed by atoms with Gasteiger partial charge < -0.3 is 5.32 Å². The second-order valence-electron chi connectivity index (χ2n) is 4.31. The summed E-state index contributed by atoms with van der Waals surface area (Å²) in [6, 6.07) is 9.14. The molecule has 0 aromatic carbocycles. The highest BCUT2D eigenvalue weighted by molar-refractivity contribution is 9.10. The first kappa shape index (κ1) is 13.5. The van der Waals surface area contributed by atoms with E-state index in [9.17, 15) is 4.79 Å². The summed E-state index contributed by atoms with van der Waals surface area (Å²) in [7, 11) is 0. The van der Waals surface area contributed by atoms with Crippen LogP contribution in [0, 0.1) is 0 Å². The van der Waals surface area contributed by atoms with Crippen LogP contribution in [0.15, 0.2) is 51.2 Å². The molecule has 0 radical (unpaired) electrons. The van der Waals surface area contributed by atoms with Gasteiger partial charge in [0.25, 0.3) is 5.56 Å². The second-order valence-corrected chi connectivity index (χ2v) is 6.16.